The number of carbonyl (C=O) groups is 1. The van der Waals surface area contributed by atoms with E-state index in [4.69, 9.17) is 0 Å². The molecular weight excluding hydrogens is 438 g/mol. The molecule has 1 unspecified atom stereocenters. The number of rotatable bonds is 5. The van der Waals surface area contributed by atoms with Gasteiger partial charge in [-0.3, -0.25) is 4.79 Å². The predicted molar refractivity (Wildman–Crippen MR) is 144 cm³/mol. The summed E-state index contributed by atoms with van der Waals surface area (Å²) in [7, 11) is 0. The molecule has 1 fully saturated rings. The lowest BCUT2D eigenvalue weighted by atomic mass is 10.1. The molecule has 186 valence electrons. The molecule has 1 amide bonds. The van der Waals surface area contributed by atoms with Gasteiger partial charge in [-0.15, -0.1) is 5.10 Å². The molecule has 35 heavy (non-hydrogen) atoms. The number of amides is 1. The van der Waals surface area contributed by atoms with E-state index in [1.54, 1.807) is 6.33 Å². The van der Waals surface area contributed by atoms with Crippen LogP contribution in [0.1, 0.15) is 33.4 Å². The van der Waals surface area contributed by atoms with Crippen molar-refractivity contribution in [3.63, 3.8) is 0 Å². The highest BCUT2D eigenvalue weighted by Gasteiger charge is 2.27. The zero-order chi connectivity index (χ0) is 24.8. The van der Waals surface area contributed by atoms with Gasteiger partial charge >= 0.3 is 0 Å². The van der Waals surface area contributed by atoms with Crippen LogP contribution in [0.2, 0.25) is 0 Å². The van der Waals surface area contributed by atoms with Crippen LogP contribution in [-0.2, 0) is 11.3 Å². The minimum Gasteiger partial charge on any atom is -0.353 e. The lowest BCUT2D eigenvalue weighted by Crippen LogP contribution is -2.57. The van der Waals surface area contributed by atoms with Gasteiger partial charge in [0.1, 0.15) is 18.2 Å². The van der Waals surface area contributed by atoms with Crippen molar-refractivity contribution in [3.8, 4) is 5.69 Å². The van der Waals surface area contributed by atoms with Crippen LogP contribution in [0.15, 0.2) is 61.1 Å². The molecule has 5 rings (SSSR count). The smallest absolute Gasteiger partial charge is 0.239 e. The van der Waals surface area contributed by atoms with Crippen molar-refractivity contribution >= 4 is 22.8 Å². The quantitative estimate of drug-likeness (QED) is 0.453. The number of hydrogen-bond acceptors (Lipinski definition) is 6. The Morgan fingerprint density at radius 3 is 2.46 bits per heavy atom. The molecule has 2 aromatic carbocycles. The van der Waals surface area contributed by atoms with Crippen LogP contribution in [0.4, 0.5) is 5.82 Å². The van der Waals surface area contributed by atoms with Gasteiger partial charge in [0.2, 0.25) is 5.91 Å². The molecule has 1 aliphatic heterocycles. The van der Waals surface area contributed by atoms with E-state index < -0.39 is 0 Å². The summed E-state index contributed by atoms with van der Waals surface area (Å²) in [5.74, 6) is 0.789. The monoisotopic (exact) mass is 475 g/mol. The van der Waals surface area contributed by atoms with Gasteiger partial charge in [0, 0.05) is 35.2 Å². The summed E-state index contributed by atoms with van der Waals surface area (Å²) in [6, 6.07) is 16.1. The van der Waals surface area contributed by atoms with E-state index in [9.17, 15) is 4.79 Å². The van der Waals surface area contributed by atoms with E-state index in [0.717, 1.165) is 29.0 Å². The summed E-state index contributed by atoms with van der Waals surface area (Å²) in [6.07, 6.45) is 3.50. The maximum atomic E-state index is 12.8. The van der Waals surface area contributed by atoms with Gasteiger partial charge in [-0.2, -0.15) is 0 Å². The van der Waals surface area contributed by atoms with Crippen molar-refractivity contribution in [3.05, 3.63) is 77.7 Å². The topological polar surface area (TPSA) is 88.0 Å². The first kappa shape index (κ1) is 24.3. The number of piperazine rings is 1. The Labute approximate surface area is 209 Å². The highest BCUT2D eigenvalue weighted by molar-refractivity contribution is 5.88. The number of aromatic nitrogens is 4. The number of fused-ring (bicyclic) bond motifs is 1. The molecule has 0 spiro atoms. The molecule has 3 heterocycles. The van der Waals surface area contributed by atoms with Crippen molar-refractivity contribution in [1.29, 1.82) is 0 Å². The molecule has 1 atom stereocenters. The zero-order valence-corrected chi connectivity index (χ0v) is 20.8. The summed E-state index contributed by atoms with van der Waals surface area (Å²) in [6.45, 7) is 10.6. The molecule has 0 aliphatic carbocycles. The number of hydrogen-bond donors (Lipinski definition) is 2. The third-order valence-electron chi connectivity index (χ3n) is 5.97. The summed E-state index contributed by atoms with van der Waals surface area (Å²) in [5.41, 5.74) is 5.10. The standard InChI is InChI=1S/C25H27N7O.C2H6.2H2/c1-17-3-7-19(8-4-17)13-27-25(33)22-15-31(12-11-26-22)24-21-14-32(30-23(21)28-16-29-24)20-9-5-18(2)6-10-20;1-2;;/h3-10,14,16,22,26H,11-13,15H2,1-2H3,(H,27,33);1-2H3;2*1H. The average molecular weight is 476 g/mol. The molecule has 0 bridgehead atoms. The Hall–Kier alpha value is -3.78. The van der Waals surface area contributed by atoms with E-state index in [2.05, 4.69) is 68.7 Å². The number of anilines is 1. The minimum absolute atomic E-state index is 0. The highest BCUT2D eigenvalue weighted by Crippen LogP contribution is 2.24. The van der Waals surface area contributed by atoms with Crippen LogP contribution in [0.3, 0.4) is 0 Å². The molecule has 1 saturated heterocycles. The second-order valence-electron chi connectivity index (χ2n) is 8.50. The predicted octanol–water partition coefficient (Wildman–Crippen LogP) is 4.05. The van der Waals surface area contributed by atoms with Crippen LogP contribution in [0, 0.1) is 13.8 Å². The summed E-state index contributed by atoms with van der Waals surface area (Å²) < 4.78 is 1.83. The third kappa shape index (κ3) is 5.66. The minimum atomic E-state index is -0.318. The van der Waals surface area contributed by atoms with Crippen LogP contribution in [0.25, 0.3) is 16.7 Å². The Kier molecular flexibility index (Phi) is 7.72. The fraction of sp³-hybridized carbons (Fsp3) is 0.333. The third-order valence-corrected chi connectivity index (χ3v) is 5.97. The van der Waals surface area contributed by atoms with Crippen molar-refractivity contribution in [2.75, 3.05) is 24.5 Å². The molecule has 2 N–H and O–H groups in total. The number of benzene rings is 2. The second-order valence-corrected chi connectivity index (χ2v) is 8.50. The molecule has 0 radical (unpaired) electrons. The lowest BCUT2D eigenvalue weighted by Gasteiger charge is -2.33. The fourth-order valence-corrected chi connectivity index (χ4v) is 4.04. The molecule has 8 nitrogen and oxygen atoms in total. The first-order valence-corrected chi connectivity index (χ1v) is 12.2. The molecular formula is C27H37N7O. The van der Waals surface area contributed by atoms with Crippen molar-refractivity contribution in [2.24, 2.45) is 0 Å². The maximum Gasteiger partial charge on any atom is 0.239 e. The Bertz CT molecular complexity index is 1280. The first-order chi connectivity index (χ1) is 17.1. The van der Waals surface area contributed by atoms with Crippen molar-refractivity contribution in [1.82, 2.24) is 30.4 Å². The van der Waals surface area contributed by atoms with Crippen LogP contribution < -0.4 is 15.5 Å². The number of nitrogens with zero attached hydrogens (tertiary/aromatic N) is 5. The average Bonchev–Trinajstić information content (AvgIpc) is 3.34. The molecule has 8 heteroatoms. The summed E-state index contributed by atoms with van der Waals surface area (Å²) >= 11 is 0. The van der Waals surface area contributed by atoms with Gasteiger partial charge in [-0.05, 0) is 31.5 Å². The SMILES string of the molecule is CC.Cc1ccc(CNC(=O)C2CN(c3ncnc4nn(-c5ccc(C)cc5)cc34)CCN2)cc1.[HH].[HH]. The van der Waals surface area contributed by atoms with Gasteiger partial charge in [0.05, 0.1) is 11.1 Å². The van der Waals surface area contributed by atoms with E-state index in [-0.39, 0.29) is 14.8 Å². The highest BCUT2D eigenvalue weighted by atomic mass is 16.2. The van der Waals surface area contributed by atoms with Crippen LogP contribution in [0.5, 0.6) is 0 Å². The Balaban J connectivity index is 0.00000118. The zero-order valence-electron chi connectivity index (χ0n) is 20.8. The Morgan fingerprint density at radius 2 is 1.74 bits per heavy atom. The maximum absolute atomic E-state index is 12.8. The van der Waals surface area contributed by atoms with Gasteiger partial charge in [-0.1, -0.05) is 61.4 Å². The summed E-state index contributed by atoms with van der Waals surface area (Å²) in [4.78, 5) is 23.9. The first-order valence-electron chi connectivity index (χ1n) is 12.2. The number of aryl methyl sites for hydroxylation is 2. The van der Waals surface area contributed by atoms with E-state index in [0.29, 0.717) is 25.3 Å². The van der Waals surface area contributed by atoms with Gasteiger partial charge in [0.15, 0.2) is 5.65 Å². The van der Waals surface area contributed by atoms with E-state index in [1.807, 2.05) is 49.0 Å². The second kappa shape index (κ2) is 11.1. The molecule has 1 aliphatic rings. The van der Waals surface area contributed by atoms with Crippen LogP contribution >= 0.6 is 0 Å². The van der Waals surface area contributed by atoms with Gasteiger partial charge < -0.3 is 15.5 Å². The number of carbonyl (C=O) groups excluding carboxylic acids is 1. The Morgan fingerprint density at radius 1 is 1.06 bits per heavy atom. The van der Waals surface area contributed by atoms with Crippen LogP contribution in [-0.4, -0.2) is 51.3 Å². The lowest BCUT2D eigenvalue weighted by molar-refractivity contribution is -0.123. The number of nitrogens with one attached hydrogen (secondary N) is 2. The normalized spacial score (nSPS) is 15.4. The van der Waals surface area contributed by atoms with Crippen molar-refractivity contribution < 1.29 is 7.65 Å². The van der Waals surface area contributed by atoms with E-state index in [1.165, 1.54) is 11.1 Å². The summed E-state index contributed by atoms with van der Waals surface area (Å²) in [5, 5.41) is 11.9. The largest absolute Gasteiger partial charge is 0.353 e. The fourth-order valence-electron chi connectivity index (χ4n) is 4.04. The van der Waals surface area contributed by atoms with Gasteiger partial charge in [0.25, 0.3) is 0 Å². The van der Waals surface area contributed by atoms with E-state index >= 15 is 0 Å². The molecule has 4 aromatic rings. The van der Waals surface area contributed by atoms with Gasteiger partial charge in [-0.25, -0.2) is 14.6 Å². The molecule has 0 saturated carbocycles. The van der Waals surface area contributed by atoms with Crippen molar-refractivity contribution in [2.45, 2.75) is 40.3 Å². The molecule has 2 aromatic heterocycles.